The number of alkyl halides is 3. The van der Waals surface area contributed by atoms with Crippen molar-refractivity contribution >= 4 is 5.91 Å². The molecule has 0 spiro atoms. The molecule has 1 N–H and O–H groups in total. The molecule has 1 aliphatic heterocycles. The third kappa shape index (κ3) is 3.42. The van der Waals surface area contributed by atoms with Crippen LogP contribution in [0.25, 0.3) is 0 Å². The van der Waals surface area contributed by atoms with E-state index in [1.165, 1.54) is 11.0 Å². The van der Waals surface area contributed by atoms with Gasteiger partial charge in [-0.1, -0.05) is 17.7 Å². The lowest BCUT2D eigenvalue weighted by atomic mass is 9.92. The van der Waals surface area contributed by atoms with Crippen LogP contribution in [0.4, 0.5) is 13.2 Å². The molecule has 1 aliphatic carbocycles. The lowest BCUT2D eigenvalue weighted by Crippen LogP contribution is -2.31. The number of halogens is 3. The minimum absolute atomic E-state index is 0.156. The zero-order chi connectivity index (χ0) is 16.6. The quantitative estimate of drug-likeness (QED) is 0.846. The highest BCUT2D eigenvalue weighted by Crippen LogP contribution is 2.36. The topological polar surface area (TPSA) is 40.5 Å². The monoisotopic (exact) mass is 325 g/mol. The van der Waals surface area contributed by atoms with Crippen LogP contribution >= 0.6 is 0 Å². The molecule has 1 saturated heterocycles. The van der Waals surface area contributed by atoms with Gasteiger partial charge < -0.3 is 10.0 Å². The second-order valence-electron chi connectivity index (χ2n) is 6.18. The molecule has 1 aromatic rings. The fraction of sp³-hybridized carbons (Fsp3) is 0.471. The van der Waals surface area contributed by atoms with Gasteiger partial charge in [0.25, 0.3) is 0 Å². The second kappa shape index (κ2) is 6.00. The van der Waals surface area contributed by atoms with Gasteiger partial charge >= 0.3 is 6.18 Å². The lowest BCUT2D eigenvalue weighted by molar-refractivity contribution is -0.137. The number of amides is 1. The minimum atomic E-state index is -4.42. The molecule has 0 aromatic heterocycles. The van der Waals surface area contributed by atoms with E-state index in [4.69, 9.17) is 0 Å². The van der Waals surface area contributed by atoms with Crippen LogP contribution in [0.5, 0.6) is 0 Å². The minimum Gasteiger partial charge on any atom is -0.391 e. The van der Waals surface area contributed by atoms with Crippen LogP contribution in [0.1, 0.15) is 42.9 Å². The van der Waals surface area contributed by atoms with Crippen molar-refractivity contribution in [1.82, 2.24) is 4.90 Å². The Hall–Kier alpha value is -1.82. The summed E-state index contributed by atoms with van der Waals surface area (Å²) in [5, 5.41) is 9.88. The Morgan fingerprint density at radius 3 is 2.65 bits per heavy atom. The summed E-state index contributed by atoms with van der Waals surface area (Å²) in [6, 6.07) is 4.48. The summed E-state index contributed by atoms with van der Waals surface area (Å²) in [5.41, 5.74) is 0.747. The molecule has 1 amide bonds. The summed E-state index contributed by atoms with van der Waals surface area (Å²) in [5.74, 6) is -0.223. The van der Waals surface area contributed by atoms with Gasteiger partial charge in [-0.15, -0.1) is 0 Å². The standard InChI is InChI=1S/C17H18F3NO2/c18-17(19,20)13-6-2-5-12(8-13)15-9-14(22)10-21(15)16(23)7-11-3-1-4-11/h2,5-8,14-15,22H,1,3-4,9-10H2/t14-,15+/m1/s1. The molecule has 1 heterocycles. The first-order valence-corrected chi connectivity index (χ1v) is 7.70. The van der Waals surface area contributed by atoms with E-state index in [-0.39, 0.29) is 18.9 Å². The maximum absolute atomic E-state index is 12.9. The molecule has 124 valence electrons. The van der Waals surface area contributed by atoms with E-state index in [1.807, 2.05) is 0 Å². The van der Waals surface area contributed by atoms with Crippen LogP contribution in [-0.2, 0) is 11.0 Å². The Morgan fingerprint density at radius 2 is 2.04 bits per heavy atom. The van der Waals surface area contributed by atoms with Gasteiger partial charge in [0.05, 0.1) is 17.7 Å². The van der Waals surface area contributed by atoms with Crippen molar-refractivity contribution < 1.29 is 23.1 Å². The van der Waals surface area contributed by atoms with E-state index in [0.717, 1.165) is 37.0 Å². The molecular weight excluding hydrogens is 307 g/mol. The fourth-order valence-electron chi connectivity index (χ4n) is 3.08. The highest BCUT2D eigenvalue weighted by atomic mass is 19.4. The molecule has 0 bridgehead atoms. The number of rotatable bonds is 2. The average molecular weight is 325 g/mol. The molecular formula is C17H18F3NO2. The van der Waals surface area contributed by atoms with Crippen LogP contribution in [0.2, 0.25) is 0 Å². The van der Waals surface area contributed by atoms with Crippen LogP contribution in [0.15, 0.2) is 35.9 Å². The van der Waals surface area contributed by atoms with Gasteiger partial charge in [-0.25, -0.2) is 0 Å². The van der Waals surface area contributed by atoms with Crippen molar-refractivity contribution in [3.8, 4) is 0 Å². The van der Waals surface area contributed by atoms with Crippen molar-refractivity contribution in [2.75, 3.05) is 6.54 Å². The number of carbonyl (C=O) groups excluding carboxylic acids is 1. The van der Waals surface area contributed by atoms with Crippen molar-refractivity contribution in [2.45, 2.75) is 44.0 Å². The normalized spacial score (nSPS) is 24.5. The number of benzene rings is 1. The number of nitrogens with zero attached hydrogens (tertiary/aromatic N) is 1. The van der Waals surface area contributed by atoms with Gasteiger partial charge in [0.1, 0.15) is 0 Å². The Balaban J connectivity index is 1.86. The largest absolute Gasteiger partial charge is 0.416 e. The van der Waals surface area contributed by atoms with Gasteiger partial charge in [0, 0.05) is 12.6 Å². The van der Waals surface area contributed by atoms with E-state index >= 15 is 0 Å². The van der Waals surface area contributed by atoms with Crippen molar-refractivity contribution in [3.05, 3.63) is 47.0 Å². The van der Waals surface area contributed by atoms with Crippen LogP contribution < -0.4 is 0 Å². The third-order valence-electron chi connectivity index (χ3n) is 4.48. The number of aliphatic hydroxyl groups excluding tert-OH is 1. The fourth-order valence-corrected chi connectivity index (χ4v) is 3.08. The molecule has 3 rings (SSSR count). The van der Waals surface area contributed by atoms with Gasteiger partial charge in [-0.3, -0.25) is 4.79 Å². The van der Waals surface area contributed by atoms with Crippen LogP contribution in [0.3, 0.4) is 0 Å². The first kappa shape index (κ1) is 16.1. The molecule has 6 heteroatoms. The van der Waals surface area contributed by atoms with Crippen molar-refractivity contribution in [3.63, 3.8) is 0 Å². The number of β-amino-alcohol motifs (C(OH)–C–C–N with tert-alkyl or cyclic N) is 1. The van der Waals surface area contributed by atoms with E-state index in [2.05, 4.69) is 0 Å². The number of aliphatic hydroxyl groups is 1. The highest BCUT2D eigenvalue weighted by molar-refractivity contribution is 5.89. The summed E-state index contributed by atoms with van der Waals surface area (Å²) in [7, 11) is 0. The second-order valence-corrected chi connectivity index (χ2v) is 6.18. The summed E-state index contributed by atoms with van der Waals surface area (Å²) >= 11 is 0. The molecule has 1 saturated carbocycles. The first-order chi connectivity index (χ1) is 10.8. The zero-order valence-electron chi connectivity index (χ0n) is 12.5. The molecule has 0 unspecified atom stereocenters. The van der Waals surface area contributed by atoms with Gasteiger partial charge in [0.15, 0.2) is 0 Å². The Kier molecular flexibility index (Phi) is 4.19. The van der Waals surface area contributed by atoms with E-state index in [0.29, 0.717) is 5.56 Å². The zero-order valence-corrected chi connectivity index (χ0v) is 12.5. The predicted octanol–water partition coefficient (Wildman–Crippen LogP) is 3.45. The van der Waals surface area contributed by atoms with Gasteiger partial charge in [-0.05, 0) is 43.4 Å². The molecule has 3 nitrogen and oxygen atoms in total. The SMILES string of the molecule is O=C(C=C1CCC1)N1C[C@H](O)C[C@H]1c1cccc(C(F)(F)F)c1. The van der Waals surface area contributed by atoms with Crippen LogP contribution in [-0.4, -0.2) is 28.6 Å². The van der Waals surface area contributed by atoms with E-state index < -0.39 is 23.9 Å². The van der Waals surface area contributed by atoms with Gasteiger partial charge in [0.2, 0.25) is 5.91 Å². The lowest BCUT2D eigenvalue weighted by Gasteiger charge is -2.25. The molecule has 2 atom stereocenters. The Bertz CT molecular complexity index is 633. The average Bonchev–Trinajstić information content (AvgIpc) is 2.84. The van der Waals surface area contributed by atoms with Crippen LogP contribution in [0, 0.1) is 0 Å². The molecule has 2 fully saturated rings. The Morgan fingerprint density at radius 1 is 1.30 bits per heavy atom. The number of hydrogen-bond acceptors (Lipinski definition) is 2. The Labute approximate surface area is 132 Å². The van der Waals surface area contributed by atoms with Crippen molar-refractivity contribution in [1.29, 1.82) is 0 Å². The molecule has 2 aliphatic rings. The predicted molar refractivity (Wildman–Crippen MR) is 78.5 cm³/mol. The summed E-state index contributed by atoms with van der Waals surface area (Å²) in [6.07, 6.45) is -0.432. The highest BCUT2D eigenvalue weighted by Gasteiger charge is 2.37. The molecule has 0 radical (unpaired) electrons. The summed E-state index contributed by atoms with van der Waals surface area (Å²) in [4.78, 5) is 13.9. The number of likely N-dealkylation sites (tertiary alicyclic amines) is 1. The maximum Gasteiger partial charge on any atom is 0.416 e. The molecule has 23 heavy (non-hydrogen) atoms. The number of hydrogen-bond donors (Lipinski definition) is 1. The van der Waals surface area contributed by atoms with Crippen molar-refractivity contribution in [2.24, 2.45) is 0 Å². The number of allylic oxidation sites excluding steroid dienone is 1. The maximum atomic E-state index is 12.9. The summed E-state index contributed by atoms with van der Waals surface area (Å²) in [6.45, 7) is 0.156. The first-order valence-electron chi connectivity index (χ1n) is 7.70. The smallest absolute Gasteiger partial charge is 0.391 e. The summed E-state index contributed by atoms with van der Waals surface area (Å²) < 4.78 is 38.6. The third-order valence-corrected chi connectivity index (χ3v) is 4.48. The van der Waals surface area contributed by atoms with Gasteiger partial charge in [-0.2, -0.15) is 13.2 Å². The van der Waals surface area contributed by atoms with E-state index in [9.17, 15) is 23.1 Å². The number of carbonyl (C=O) groups is 1. The molecule has 1 aromatic carbocycles. The van der Waals surface area contributed by atoms with E-state index in [1.54, 1.807) is 12.1 Å².